The minimum Gasteiger partial charge on any atom is -0.389 e. The van der Waals surface area contributed by atoms with Crippen LogP contribution in [0.3, 0.4) is 0 Å². The summed E-state index contributed by atoms with van der Waals surface area (Å²) in [7, 11) is 0. The Bertz CT molecular complexity index is 164. The molecule has 0 aliphatic heterocycles. The fourth-order valence-corrected chi connectivity index (χ4v) is 2.95. The van der Waals surface area contributed by atoms with Crippen LogP contribution in [-0.4, -0.2) is 17.3 Å². The van der Waals surface area contributed by atoms with E-state index in [0.717, 1.165) is 38.5 Å². The van der Waals surface area contributed by atoms with Crippen LogP contribution in [-0.2, 0) is 0 Å². The molecule has 0 saturated heterocycles. The molecule has 2 heteroatoms. The van der Waals surface area contributed by atoms with E-state index in [1.165, 1.54) is 6.42 Å². The minimum absolute atomic E-state index is 0.0546. The van der Waals surface area contributed by atoms with E-state index in [0.29, 0.717) is 6.54 Å². The Kier molecular flexibility index (Phi) is 3.96. The van der Waals surface area contributed by atoms with Gasteiger partial charge in [-0.05, 0) is 25.7 Å². The number of nitrogens with two attached hydrogens (primary N) is 1. The molecule has 0 atom stereocenters. The van der Waals surface area contributed by atoms with E-state index in [9.17, 15) is 5.11 Å². The van der Waals surface area contributed by atoms with Gasteiger partial charge in [-0.3, -0.25) is 0 Å². The molecule has 3 N–H and O–H groups in total. The average Bonchev–Trinajstić information content (AvgIpc) is 2.03. The molecular weight excluding hydrogens is 174 g/mol. The maximum Gasteiger partial charge on any atom is 0.0715 e. The maximum absolute atomic E-state index is 10.7. The molecule has 0 aromatic heterocycles. The quantitative estimate of drug-likeness (QED) is 0.690. The topological polar surface area (TPSA) is 46.2 Å². The van der Waals surface area contributed by atoms with Gasteiger partial charge in [0.25, 0.3) is 0 Å². The van der Waals surface area contributed by atoms with Gasteiger partial charge < -0.3 is 10.8 Å². The van der Waals surface area contributed by atoms with Crippen LogP contribution in [0.1, 0.15) is 58.8 Å². The highest BCUT2D eigenvalue weighted by atomic mass is 16.3. The first-order chi connectivity index (χ1) is 6.64. The van der Waals surface area contributed by atoms with Gasteiger partial charge in [-0.15, -0.1) is 0 Å². The molecule has 1 fully saturated rings. The summed E-state index contributed by atoms with van der Waals surface area (Å²) in [6, 6.07) is 0. The second-order valence-corrected chi connectivity index (χ2v) is 4.87. The Morgan fingerprint density at radius 3 is 1.93 bits per heavy atom. The van der Waals surface area contributed by atoms with Gasteiger partial charge in [0.15, 0.2) is 0 Å². The summed E-state index contributed by atoms with van der Waals surface area (Å²) in [6.07, 6.45) is 7.43. The van der Waals surface area contributed by atoms with E-state index in [2.05, 4.69) is 13.8 Å². The lowest BCUT2D eigenvalue weighted by Crippen LogP contribution is -2.56. The molecule has 1 aliphatic carbocycles. The first-order valence-corrected chi connectivity index (χ1v) is 6.06. The van der Waals surface area contributed by atoms with Crippen molar-refractivity contribution in [3.05, 3.63) is 0 Å². The molecule has 84 valence electrons. The van der Waals surface area contributed by atoms with E-state index in [1.807, 2.05) is 0 Å². The molecule has 0 amide bonds. The average molecular weight is 199 g/mol. The summed E-state index contributed by atoms with van der Waals surface area (Å²) in [5.74, 6) is 0. The van der Waals surface area contributed by atoms with Gasteiger partial charge in [-0.25, -0.2) is 0 Å². The molecule has 2 nitrogen and oxygen atoms in total. The molecule has 0 aromatic rings. The van der Waals surface area contributed by atoms with E-state index in [4.69, 9.17) is 5.73 Å². The Balaban J connectivity index is 2.73. The number of hydrogen-bond acceptors (Lipinski definition) is 2. The second-order valence-electron chi connectivity index (χ2n) is 4.87. The molecule has 1 aliphatic rings. The van der Waals surface area contributed by atoms with Crippen LogP contribution in [0.15, 0.2) is 0 Å². The van der Waals surface area contributed by atoms with E-state index < -0.39 is 5.60 Å². The lowest BCUT2D eigenvalue weighted by atomic mass is 9.56. The van der Waals surface area contributed by atoms with Crippen LogP contribution < -0.4 is 5.73 Å². The molecule has 0 spiro atoms. The lowest BCUT2D eigenvalue weighted by molar-refractivity contribution is -0.133. The van der Waals surface area contributed by atoms with Crippen molar-refractivity contribution in [3.63, 3.8) is 0 Å². The van der Waals surface area contributed by atoms with E-state index in [1.54, 1.807) is 0 Å². The Labute approximate surface area is 87.9 Å². The van der Waals surface area contributed by atoms with Crippen molar-refractivity contribution in [3.8, 4) is 0 Å². The molecule has 0 bridgehead atoms. The van der Waals surface area contributed by atoms with E-state index >= 15 is 0 Å². The molecular formula is C12H25NO. The number of aliphatic hydroxyl groups is 1. The van der Waals surface area contributed by atoms with Gasteiger partial charge in [0.1, 0.15) is 0 Å². The largest absolute Gasteiger partial charge is 0.389 e. The standard InChI is InChI=1S/C12H25NO/c1-3-6-12(14,7-4-2)11(10-13)8-5-9-11/h14H,3-10,13H2,1-2H3. The van der Waals surface area contributed by atoms with Crippen molar-refractivity contribution >= 4 is 0 Å². The van der Waals surface area contributed by atoms with Crippen LogP contribution in [0.2, 0.25) is 0 Å². The predicted molar refractivity (Wildman–Crippen MR) is 60.1 cm³/mol. The van der Waals surface area contributed by atoms with Crippen molar-refractivity contribution in [1.82, 2.24) is 0 Å². The number of rotatable bonds is 6. The van der Waals surface area contributed by atoms with E-state index in [-0.39, 0.29) is 5.41 Å². The van der Waals surface area contributed by atoms with Crippen LogP contribution >= 0.6 is 0 Å². The molecule has 0 radical (unpaired) electrons. The summed E-state index contributed by atoms with van der Waals surface area (Å²) in [6.45, 7) is 4.94. The molecule has 14 heavy (non-hydrogen) atoms. The third-order valence-corrected chi connectivity index (χ3v) is 4.02. The van der Waals surface area contributed by atoms with Crippen LogP contribution in [0.25, 0.3) is 0 Å². The third kappa shape index (κ3) is 1.82. The van der Waals surface area contributed by atoms with Crippen LogP contribution in [0.5, 0.6) is 0 Å². The highest BCUT2D eigenvalue weighted by Gasteiger charge is 2.51. The zero-order chi connectivity index (χ0) is 10.7. The van der Waals surface area contributed by atoms with Gasteiger partial charge in [0.05, 0.1) is 5.60 Å². The fourth-order valence-electron chi connectivity index (χ4n) is 2.95. The van der Waals surface area contributed by atoms with Crippen LogP contribution in [0, 0.1) is 5.41 Å². The predicted octanol–water partition coefficient (Wildman–Crippen LogP) is 2.45. The molecule has 1 rings (SSSR count). The molecule has 0 aromatic carbocycles. The lowest BCUT2D eigenvalue weighted by Gasteiger charge is -2.53. The van der Waals surface area contributed by atoms with Gasteiger partial charge in [-0.1, -0.05) is 33.1 Å². The molecule has 0 unspecified atom stereocenters. The minimum atomic E-state index is -0.483. The van der Waals surface area contributed by atoms with Gasteiger partial charge in [-0.2, -0.15) is 0 Å². The molecule has 0 heterocycles. The Morgan fingerprint density at radius 2 is 1.71 bits per heavy atom. The first kappa shape index (κ1) is 12.0. The van der Waals surface area contributed by atoms with Gasteiger partial charge in [0.2, 0.25) is 0 Å². The zero-order valence-electron chi connectivity index (χ0n) is 9.68. The highest BCUT2D eigenvalue weighted by molar-refractivity contribution is 5.04. The highest BCUT2D eigenvalue weighted by Crippen LogP contribution is 2.52. The molecule has 1 saturated carbocycles. The van der Waals surface area contributed by atoms with Crippen molar-refractivity contribution in [2.24, 2.45) is 11.1 Å². The monoisotopic (exact) mass is 199 g/mol. The van der Waals surface area contributed by atoms with Crippen molar-refractivity contribution in [2.45, 2.75) is 64.4 Å². The third-order valence-electron chi connectivity index (χ3n) is 4.02. The fraction of sp³-hybridized carbons (Fsp3) is 1.00. The Morgan fingerprint density at radius 1 is 1.21 bits per heavy atom. The van der Waals surface area contributed by atoms with Crippen LogP contribution in [0.4, 0.5) is 0 Å². The van der Waals surface area contributed by atoms with Crippen molar-refractivity contribution < 1.29 is 5.11 Å². The first-order valence-electron chi connectivity index (χ1n) is 6.06. The SMILES string of the molecule is CCCC(O)(CCC)C1(CN)CCC1. The summed E-state index contributed by atoms with van der Waals surface area (Å²) in [5.41, 5.74) is 5.43. The van der Waals surface area contributed by atoms with Gasteiger partial charge >= 0.3 is 0 Å². The summed E-state index contributed by atoms with van der Waals surface area (Å²) >= 11 is 0. The summed E-state index contributed by atoms with van der Waals surface area (Å²) in [4.78, 5) is 0. The normalized spacial score (nSPS) is 20.6. The second kappa shape index (κ2) is 4.63. The summed E-state index contributed by atoms with van der Waals surface area (Å²) in [5, 5.41) is 10.7. The Hall–Kier alpha value is -0.0800. The maximum atomic E-state index is 10.7. The summed E-state index contributed by atoms with van der Waals surface area (Å²) < 4.78 is 0. The van der Waals surface area contributed by atoms with Crippen molar-refractivity contribution in [1.29, 1.82) is 0 Å². The smallest absolute Gasteiger partial charge is 0.0715 e. The van der Waals surface area contributed by atoms with Gasteiger partial charge in [0, 0.05) is 12.0 Å². The zero-order valence-corrected chi connectivity index (χ0v) is 9.68. The van der Waals surface area contributed by atoms with Crippen molar-refractivity contribution in [2.75, 3.05) is 6.54 Å². The number of hydrogen-bond donors (Lipinski definition) is 2.